The SMILES string of the molecule is O=C([C@H]1[C@H](C=Cc2ccc3c(c2)OCO3)[C@H](C(=O)N2CCCC2)C=C[C@@H]1c1ccc2c(c1)OCO2)N1CCCC1. The van der Waals surface area contributed by atoms with Crippen LogP contribution in [0.25, 0.3) is 6.08 Å². The lowest BCUT2D eigenvalue weighted by Gasteiger charge is -2.40. The number of allylic oxidation sites excluding steroid dienone is 2. The van der Waals surface area contributed by atoms with Crippen LogP contribution in [0.15, 0.2) is 54.6 Å². The van der Waals surface area contributed by atoms with Crippen LogP contribution in [0.3, 0.4) is 0 Å². The average molecular weight is 543 g/mol. The van der Waals surface area contributed by atoms with Crippen LogP contribution in [0.2, 0.25) is 0 Å². The Balaban J connectivity index is 1.29. The van der Waals surface area contributed by atoms with Gasteiger partial charge in [0, 0.05) is 38.0 Å². The zero-order valence-electron chi connectivity index (χ0n) is 22.5. The van der Waals surface area contributed by atoms with Gasteiger partial charge in [-0.3, -0.25) is 9.59 Å². The minimum Gasteiger partial charge on any atom is -0.454 e. The topological polar surface area (TPSA) is 77.5 Å². The molecule has 7 rings (SSSR count). The van der Waals surface area contributed by atoms with Gasteiger partial charge >= 0.3 is 0 Å². The van der Waals surface area contributed by atoms with Crippen LogP contribution in [0.1, 0.15) is 42.7 Å². The van der Waals surface area contributed by atoms with Gasteiger partial charge in [-0.1, -0.05) is 36.4 Å². The fourth-order valence-corrected chi connectivity index (χ4v) is 6.73. The molecule has 0 N–H and O–H groups in total. The van der Waals surface area contributed by atoms with Crippen molar-refractivity contribution in [1.29, 1.82) is 0 Å². The molecular weight excluding hydrogens is 508 g/mol. The standard InChI is InChI=1S/C32H34N2O6/c35-31(33-13-1-2-14-33)25-10-9-23(22-7-12-27-29(18-22)40-20-38-27)30(32(36)34-15-3-4-16-34)24(25)8-5-21-6-11-26-28(17-21)39-19-37-26/h5-12,17-18,23-25,30H,1-4,13-16,19-20H2/t23-,24-,25-,30-/m1/s1. The summed E-state index contributed by atoms with van der Waals surface area (Å²) in [5, 5.41) is 0. The normalized spacial score (nSPS) is 26.7. The molecular formula is C32H34N2O6. The summed E-state index contributed by atoms with van der Waals surface area (Å²) in [6.45, 7) is 3.48. The molecule has 5 aliphatic rings. The van der Waals surface area contributed by atoms with Crippen molar-refractivity contribution in [1.82, 2.24) is 9.80 Å². The molecule has 4 heterocycles. The maximum atomic E-state index is 14.3. The van der Waals surface area contributed by atoms with Crippen molar-refractivity contribution in [2.45, 2.75) is 31.6 Å². The fourth-order valence-electron chi connectivity index (χ4n) is 6.73. The summed E-state index contributed by atoms with van der Waals surface area (Å²) in [5.74, 6) is 1.72. The van der Waals surface area contributed by atoms with Gasteiger partial charge in [-0.05, 0) is 61.1 Å². The Morgan fingerprint density at radius 1 is 0.700 bits per heavy atom. The maximum Gasteiger partial charge on any atom is 0.231 e. The minimum absolute atomic E-state index is 0.109. The first kappa shape index (κ1) is 25.1. The molecule has 0 saturated carbocycles. The number of fused-ring (bicyclic) bond motifs is 2. The maximum absolute atomic E-state index is 14.3. The van der Waals surface area contributed by atoms with E-state index in [0.717, 1.165) is 68.7 Å². The molecule has 0 spiro atoms. The van der Waals surface area contributed by atoms with Crippen LogP contribution in [0.5, 0.6) is 23.0 Å². The minimum atomic E-state index is -0.426. The molecule has 0 bridgehead atoms. The molecule has 0 unspecified atom stereocenters. The van der Waals surface area contributed by atoms with Crippen molar-refractivity contribution in [3.63, 3.8) is 0 Å². The second kappa shape index (κ2) is 10.6. The molecule has 4 aliphatic heterocycles. The van der Waals surface area contributed by atoms with Crippen molar-refractivity contribution in [2.24, 2.45) is 17.8 Å². The van der Waals surface area contributed by atoms with E-state index in [9.17, 15) is 9.59 Å². The highest BCUT2D eigenvalue weighted by molar-refractivity contribution is 5.87. The summed E-state index contributed by atoms with van der Waals surface area (Å²) in [6.07, 6.45) is 12.3. The zero-order valence-corrected chi connectivity index (χ0v) is 22.5. The van der Waals surface area contributed by atoms with Crippen LogP contribution < -0.4 is 18.9 Å². The molecule has 8 heteroatoms. The Morgan fingerprint density at radius 2 is 1.30 bits per heavy atom. The van der Waals surface area contributed by atoms with E-state index >= 15 is 0 Å². The molecule has 208 valence electrons. The quantitative estimate of drug-likeness (QED) is 0.514. The van der Waals surface area contributed by atoms with Crippen LogP contribution >= 0.6 is 0 Å². The highest BCUT2D eigenvalue weighted by Crippen LogP contribution is 2.46. The number of carbonyl (C=O) groups excluding carboxylic acids is 2. The van der Waals surface area contributed by atoms with E-state index < -0.39 is 11.8 Å². The third-order valence-corrected chi connectivity index (χ3v) is 8.84. The van der Waals surface area contributed by atoms with Crippen molar-refractivity contribution in [3.8, 4) is 23.0 Å². The van der Waals surface area contributed by atoms with E-state index in [1.54, 1.807) is 0 Å². The lowest BCUT2D eigenvalue weighted by Crippen LogP contribution is -2.47. The molecule has 2 aromatic rings. The predicted octanol–water partition coefficient (Wildman–Crippen LogP) is 4.60. The first-order valence-corrected chi connectivity index (χ1v) is 14.4. The lowest BCUT2D eigenvalue weighted by atomic mass is 9.67. The Labute approximate surface area is 234 Å². The van der Waals surface area contributed by atoms with E-state index in [-0.39, 0.29) is 37.2 Å². The summed E-state index contributed by atoms with van der Waals surface area (Å²) in [5.41, 5.74) is 1.93. The molecule has 2 fully saturated rings. The molecule has 40 heavy (non-hydrogen) atoms. The molecule has 8 nitrogen and oxygen atoms in total. The average Bonchev–Trinajstić information content (AvgIpc) is 3.81. The second-order valence-electron chi connectivity index (χ2n) is 11.2. The first-order chi connectivity index (χ1) is 19.7. The summed E-state index contributed by atoms with van der Waals surface area (Å²) < 4.78 is 22.3. The summed E-state index contributed by atoms with van der Waals surface area (Å²) in [6, 6.07) is 11.8. The number of carbonyl (C=O) groups is 2. The monoisotopic (exact) mass is 542 g/mol. The van der Waals surface area contributed by atoms with E-state index in [0.29, 0.717) is 17.2 Å². The first-order valence-electron chi connectivity index (χ1n) is 14.4. The zero-order chi connectivity index (χ0) is 27.1. The Bertz CT molecular complexity index is 1360. The second-order valence-corrected chi connectivity index (χ2v) is 11.2. The van der Waals surface area contributed by atoms with Crippen molar-refractivity contribution >= 4 is 17.9 Å². The van der Waals surface area contributed by atoms with Crippen molar-refractivity contribution in [2.75, 3.05) is 39.8 Å². The number of ether oxygens (including phenoxy) is 4. The van der Waals surface area contributed by atoms with Crippen LogP contribution in [-0.4, -0.2) is 61.4 Å². The Kier molecular flexibility index (Phi) is 6.61. The van der Waals surface area contributed by atoms with Crippen LogP contribution in [-0.2, 0) is 9.59 Å². The van der Waals surface area contributed by atoms with E-state index in [2.05, 4.69) is 12.2 Å². The number of hydrogen-bond donors (Lipinski definition) is 0. The highest BCUT2D eigenvalue weighted by Gasteiger charge is 2.46. The van der Waals surface area contributed by atoms with E-state index in [1.165, 1.54) is 0 Å². The van der Waals surface area contributed by atoms with Gasteiger partial charge in [-0.15, -0.1) is 0 Å². The smallest absolute Gasteiger partial charge is 0.231 e. The van der Waals surface area contributed by atoms with E-state index in [1.807, 2.05) is 58.4 Å². The number of amides is 2. The highest BCUT2D eigenvalue weighted by atomic mass is 16.7. The fraction of sp³-hybridized carbons (Fsp3) is 0.438. The third-order valence-electron chi connectivity index (χ3n) is 8.84. The number of likely N-dealkylation sites (tertiary alicyclic amines) is 2. The van der Waals surface area contributed by atoms with Crippen molar-refractivity contribution in [3.05, 3.63) is 65.8 Å². The van der Waals surface area contributed by atoms with Gasteiger partial charge in [0.15, 0.2) is 23.0 Å². The number of nitrogens with zero attached hydrogens (tertiary/aromatic N) is 2. The van der Waals surface area contributed by atoms with Gasteiger partial charge in [0.2, 0.25) is 25.4 Å². The summed E-state index contributed by atoms with van der Waals surface area (Å²) >= 11 is 0. The molecule has 1 aliphatic carbocycles. The molecule has 0 aromatic heterocycles. The predicted molar refractivity (Wildman–Crippen MR) is 148 cm³/mol. The molecule has 4 atom stereocenters. The molecule has 2 amide bonds. The van der Waals surface area contributed by atoms with Gasteiger partial charge in [0.1, 0.15) is 0 Å². The largest absolute Gasteiger partial charge is 0.454 e. The molecule has 2 aromatic carbocycles. The number of rotatable bonds is 5. The lowest BCUT2D eigenvalue weighted by molar-refractivity contribution is -0.140. The summed E-state index contributed by atoms with van der Waals surface area (Å²) in [4.78, 5) is 32.2. The molecule has 0 radical (unpaired) electrons. The van der Waals surface area contributed by atoms with Gasteiger partial charge in [0.25, 0.3) is 0 Å². The Hall–Kier alpha value is -3.94. The van der Waals surface area contributed by atoms with Crippen LogP contribution in [0, 0.1) is 17.8 Å². The number of benzene rings is 2. The van der Waals surface area contributed by atoms with Crippen molar-refractivity contribution < 1.29 is 28.5 Å². The third kappa shape index (κ3) is 4.59. The van der Waals surface area contributed by atoms with Gasteiger partial charge in [-0.2, -0.15) is 0 Å². The van der Waals surface area contributed by atoms with Crippen LogP contribution in [0.4, 0.5) is 0 Å². The molecule has 2 saturated heterocycles. The number of hydrogen-bond acceptors (Lipinski definition) is 6. The summed E-state index contributed by atoms with van der Waals surface area (Å²) in [7, 11) is 0. The van der Waals surface area contributed by atoms with Gasteiger partial charge in [-0.25, -0.2) is 0 Å². The Morgan fingerprint density at radius 3 is 2.00 bits per heavy atom. The van der Waals surface area contributed by atoms with Gasteiger partial charge < -0.3 is 28.7 Å². The van der Waals surface area contributed by atoms with Gasteiger partial charge in [0.05, 0.1) is 11.8 Å². The van der Waals surface area contributed by atoms with E-state index in [4.69, 9.17) is 18.9 Å².